The van der Waals surface area contributed by atoms with Crippen LogP contribution in [0.15, 0.2) is 24.5 Å². The van der Waals surface area contributed by atoms with Crippen LogP contribution in [0.3, 0.4) is 0 Å². The lowest BCUT2D eigenvalue weighted by Crippen LogP contribution is -2.37. The van der Waals surface area contributed by atoms with E-state index in [9.17, 15) is 9.59 Å². The maximum Gasteiger partial charge on any atom is 0.325 e. The van der Waals surface area contributed by atoms with E-state index in [-0.39, 0.29) is 6.61 Å². The van der Waals surface area contributed by atoms with E-state index in [1.165, 1.54) is 16.8 Å². The van der Waals surface area contributed by atoms with Gasteiger partial charge in [-0.1, -0.05) is 6.92 Å². The molecule has 1 aliphatic carbocycles. The Hall–Kier alpha value is -3.40. The Kier molecular flexibility index (Phi) is 5.52. The first kappa shape index (κ1) is 20.5. The summed E-state index contributed by atoms with van der Waals surface area (Å²) in [5.74, 6) is 1.61. The number of carbonyl (C=O) groups is 2. The largest absolute Gasteiger partial charge is 0.486 e. The molecule has 0 saturated carbocycles. The van der Waals surface area contributed by atoms with Crippen LogP contribution in [0.5, 0.6) is 17.4 Å². The van der Waals surface area contributed by atoms with E-state index in [2.05, 4.69) is 27.5 Å². The molecule has 0 bridgehead atoms. The van der Waals surface area contributed by atoms with Gasteiger partial charge < -0.3 is 19.5 Å². The minimum absolute atomic E-state index is 0.332. The first-order valence-electron chi connectivity index (χ1n) is 10.5. The fourth-order valence-corrected chi connectivity index (χ4v) is 5.28. The third-order valence-corrected chi connectivity index (χ3v) is 6.61. The van der Waals surface area contributed by atoms with Crippen LogP contribution in [0.2, 0.25) is 0 Å². The van der Waals surface area contributed by atoms with Gasteiger partial charge in [-0.25, -0.2) is 14.8 Å². The monoisotopic (exact) mass is 454 g/mol. The van der Waals surface area contributed by atoms with Gasteiger partial charge >= 0.3 is 6.03 Å². The zero-order chi connectivity index (χ0) is 22.1. The molecule has 10 heteroatoms. The zero-order valence-corrected chi connectivity index (χ0v) is 18.3. The van der Waals surface area contributed by atoms with E-state index in [1.807, 2.05) is 0 Å². The number of carbonyl (C=O) groups excluding carboxylic acids is 2. The summed E-state index contributed by atoms with van der Waals surface area (Å²) in [4.78, 5) is 35.3. The van der Waals surface area contributed by atoms with Crippen LogP contribution in [-0.4, -0.2) is 41.7 Å². The van der Waals surface area contributed by atoms with Crippen molar-refractivity contribution in [2.24, 2.45) is 5.92 Å². The number of benzene rings is 1. The van der Waals surface area contributed by atoms with Gasteiger partial charge in [0.1, 0.15) is 24.4 Å². The number of nitrogens with one attached hydrogen (secondary N) is 2. The maximum atomic E-state index is 12.3. The van der Waals surface area contributed by atoms with E-state index in [0.29, 0.717) is 42.2 Å². The molecule has 2 aliphatic rings. The summed E-state index contributed by atoms with van der Waals surface area (Å²) in [6, 6.07) is 4.36. The summed E-state index contributed by atoms with van der Waals surface area (Å²) >= 11 is 1.66. The molecule has 0 spiro atoms. The minimum Gasteiger partial charge on any atom is -0.486 e. The van der Waals surface area contributed by atoms with Crippen molar-refractivity contribution in [3.05, 3.63) is 35.0 Å². The molecule has 2 aromatic heterocycles. The van der Waals surface area contributed by atoms with E-state index >= 15 is 0 Å². The van der Waals surface area contributed by atoms with Gasteiger partial charge in [0, 0.05) is 16.6 Å². The van der Waals surface area contributed by atoms with E-state index in [1.54, 1.807) is 29.5 Å². The smallest absolute Gasteiger partial charge is 0.325 e. The van der Waals surface area contributed by atoms with E-state index < -0.39 is 11.9 Å². The Morgan fingerprint density at radius 1 is 1.22 bits per heavy atom. The molecular weight excluding hydrogens is 432 g/mol. The van der Waals surface area contributed by atoms with Crippen LogP contribution in [0, 0.1) is 5.92 Å². The molecule has 0 saturated heterocycles. The number of fused-ring (bicyclic) bond motifs is 4. The lowest BCUT2D eigenvalue weighted by Gasteiger charge is -2.19. The average Bonchev–Trinajstić information content (AvgIpc) is 3.15. The Balaban J connectivity index is 1.21. The van der Waals surface area contributed by atoms with Gasteiger partial charge in [0.2, 0.25) is 5.88 Å². The van der Waals surface area contributed by atoms with Crippen molar-refractivity contribution >= 4 is 39.2 Å². The number of ether oxygens (including phenoxy) is 3. The Labute approximate surface area is 188 Å². The lowest BCUT2D eigenvalue weighted by molar-refractivity contribution is -0.121. The normalized spacial score (nSPS) is 16.8. The van der Waals surface area contributed by atoms with Crippen LogP contribution in [0.25, 0.3) is 10.2 Å². The molecule has 1 aromatic carbocycles. The van der Waals surface area contributed by atoms with Crippen molar-refractivity contribution in [3.8, 4) is 17.4 Å². The molecule has 9 nitrogen and oxygen atoms in total. The first-order valence-corrected chi connectivity index (χ1v) is 11.3. The number of nitrogens with zero attached hydrogens (tertiary/aromatic N) is 2. The van der Waals surface area contributed by atoms with Crippen molar-refractivity contribution in [1.82, 2.24) is 15.3 Å². The summed E-state index contributed by atoms with van der Waals surface area (Å²) in [6.45, 7) is 2.85. The number of hydrogen-bond acceptors (Lipinski definition) is 8. The second-order valence-electron chi connectivity index (χ2n) is 7.86. The highest BCUT2D eigenvalue weighted by Gasteiger charge is 2.24. The molecule has 32 heavy (non-hydrogen) atoms. The Morgan fingerprint density at radius 3 is 2.94 bits per heavy atom. The summed E-state index contributed by atoms with van der Waals surface area (Å²) in [6.07, 6.45) is 4.52. The SMILES string of the molecule is CC1CCc2c(sc3ncnc(OCC(=O)NC(=O)Nc4ccc5c(c4)OCCO5)c23)C1. The van der Waals surface area contributed by atoms with Crippen molar-refractivity contribution in [2.45, 2.75) is 26.2 Å². The summed E-state index contributed by atoms with van der Waals surface area (Å²) in [7, 11) is 0. The van der Waals surface area contributed by atoms with E-state index in [4.69, 9.17) is 14.2 Å². The highest BCUT2D eigenvalue weighted by Crippen LogP contribution is 2.40. The summed E-state index contributed by atoms with van der Waals surface area (Å²) in [5, 5.41) is 5.75. The number of aryl methyl sites for hydroxylation is 1. The van der Waals surface area contributed by atoms with E-state index in [0.717, 1.165) is 29.5 Å². The number of thiophene rings is 1. The maximum absolute atomic E-state index is 12.3. The number of anilines is 1. The molecular formula is C22H22N4O5S. The van der Waals surface area contributed by atoms with Gasteiger partial charge in [0.05, 0.1) is 5.39 Å². The van der Waals surface area contributed by atoms with Gasteiger partial charge in [-0.15, -0.1) is 11.3 Å². The standard InChI is InChI=1S/C22H22N4O5S/c1-12-2-4-14-17(8-12)32-21-19(14)20(23-11-24-21)31-10-18(27)26-22(28)25-13-3-5-15-16(9-13)30-7-6-29-15/h3,5,9,11-12H,2,4,6-8,10H2,1H3,(H2,25,26,27,28). The average molecular weight is 455 g/mol. The third-order valence-electron chi connectivity index (χ3n) is 5.45. The van der Waals surface area contributed by atoms with Crippen molar-refractivity contribution in [3.63, 3.8) is 0 Å². The number of hydrogen-bond donors (Lipinski definition) is 2. The molecule has 3 heterocycles. The van der Waals surface area contributed by atoms with Gasteiger partial charge in [0.15, 0.2) is 18.1 Å². The molecule has 1 atom stereocenters. The predicted octanol–water partition coefficient (Wildman–Crippen LogP) is 3.31. The molecule has 3 amide bonds. The van der Waals surface area contributed by atoms with Crippen LogP contribution < -0.4 is 24.8 Å². The highest BCUT2D eigenvalue weighted by molar-refractivity contribution is 7.18. The highest BCUT2D eigenvalue weighted by atomic mass is 32.1. The van der Waals surface area contributed by atoms with Gasteiger partial charge in [0.25, 0.3) is 5.91 Å². The van der Waals surface area contributed by atoms with Crippen LogP contribution >= 0.6 is 11.3 Å². The van der Waals surface area contributed by atoms with Crippen LogP contribution in [0.4, 0.5) is 10.5 Å². The minimum atomic E-state index is -0.662. The Morgan fingerprint density at radius 2 is 2.06 bits per heavy atom. The van der Waals surface area contributed by atoms with Crippen LogP contribution in [-0.2, 0) is 17.6 Å². The van der Waals surface area contributed by atoms with Gasteiger partial charge in [-0.3, -0.25) is 10.1 Å². The Bertz CT molecular complexity index is 1190. The number of urea groups is 1. The fraction of sp³-hybridized carbons (Fsp3) is 0.364. The van der Waals surface area contributed by atoms with Gasteiger partial charge in [-0.2, -0.15) is 0 Å². The molecule has 1 unspecified atom stereocenters. The topological polar surface area (TPSA) is 112 Å². The summed E-state index contributed by atoms with van der Waals surface area (Å²) < 4.78 is 16.6. The van der Waals surface area contributed by atoms with Crippen molar-refractivity contribution in [2.75, 3.05) is 25.1 Å². The van der Waals surface area contributed by atoms with Crippen LogP contribution in [0.1, 0.15) is 23.8 Å². The molecule has 0 fully saturated rings. The molecule has 0 radical (unpaired) electrons. The number of imide groups is 1. The summed E-state index contributed by atoms with van der Waals surface area (Å²) in [5.41, 5.74) is 1.70. The molecule has 2 N–H and O–H groups in total. The van der Waals surface area contributed by atoms with Gasteiger partial charge in [-0.05, 0) is 42.9 Å². The molecule has 1 aliphatic heterocycles. The lowest BCUT2D eigenvalue weighted by atomic mass is 9.89. The predicted molar refractivity (Wildman–Crippen MR) is 119 cm³/mol. The molecule has 3 aromatic rings. The molecule has 166 valence electrons. The second-order valence-corrected chi connectivity index (χ2v) is 8.94. The van der Waals surface area contributed by atoms with Crippen molar-refractivity contribution in [1.29, 1.82) is 0 Å². The number of aromatic nitrogens is 2. The first-order chi connectivity index (χ1) is 15.6. The number of rotatable bonds is 4. The zero-order valence-electron chi connectivity index (χ0n) is 17.5. The number of amides is 3. The second kappa shape index (κ2) is 8.62. The quantitative estimate of drug-likeness (QED) is 0.622. The van der Waals surface area contributed by atoms with Crippen molar-refractivity contribution < 1.29 is 23.8 Å². The third kappa shape index (κ3) is 4.18. The fourth-order valence-electron chi connectivity index (χ4n) is 3.94. The molecule has 5 rings (SSSR count).